The van der Waals surface area contributed by atoms with Crippen molar-refractivity contribution < 1.29 is 4.79 Å². The quantitative estimate of drug-likeness (QED) is 0.794. The molecule has 0 unspecified atom stereocenters. The first kappa shape index (κ1) is 13.9. The molecule has 2 nitrogen and oxygen atoms in total. The molecule has 0 bridgehead atoms. The van der Waals surface area contributed by atoms with Crippen molar-refractivity contribution in [3.05, 3.63) is 35.4 Å². The lowest BCUT2D eigenvalue weighted by Crippen LogP contribution is -2.34. The van der Waals surface area contributed by atoms with Crippen LogP contribution in [0.3, 0.4) is 0 Å². The van der Waals surface area contributed by atoms with Gasteiger partial charge in [-0.1, -0.05) is 32.0 Å². The molecule has 1 rings (SSSR count). The molecule has 0 fully saturated rings. The topological polar surface area (TPSA) is 43.1 Å². The Morgan fingerprint density at radius 3 is 2.53 bits per heavy atom. The van der Waals surface area contributed by atoms with Crippen LogP contribution in [0.1, 0.15) is 50.0 Å². The first-order chi connectivity index (χ1) is 7.78. The Morgan fingerprint density at radius 2 is 2.00 bits per heavy atom. The Kier molecular flexibility index (Phi) is 4.47. The molecule has 2 heteroatoms. The molecule has 0 aromatic heterocycles. The van der Waals surface area contributed by atoms with Crippen LogP contribution in [-0.2, 0) is 6.42 Å². The second-order valence-corrected chi connectivity index (χ2v) is 5.89. The van der Waals surface area contributed by atoms with Crippen molar-refractivity contribution in [1.82, 2.24) is 0 Å². The molecule has 94 valence electrons. The van der Waals surface area contributed by atoms with Gasteiger partial charge in [-0.05, 0) is 37.8 Å². The van der Waals surface area contributed by atoms with Crippen LogP contribution in [0.15, 0.2) is 24.3 Å². The normalized spacial score (nSPS) is 11.9. The molecule has 0 aliphatic rings. The van der Waals surface area contributed by atoms with Gasteiger partial charge >= 0.3 is 0 Å². The fourth-order valence-electron chi connectivity index (χ4n) is 1.86. The number of benzene rings is 1. The molecule has 0 heterocycles. The number of hydrogen-bond acceptors (Lipinski definition) is 2. The Hall–Kier alpha value is -1.15. The lowest BCUT2D eigenvalue weighted by atomic mass is 9.93. The smallest absolute Gasteiger partial charge is 0.164 e. The third-order valence-corrected chi connectivity index (χ3v) is 2.51. The molecule has 0 aliphatic heterocycles. The Bertz CT molecular complexity index is 388. The van der Waals surface area contributed by atoms with Gasteiger partial charge in [-0.25, -0.2) is 0 Å². The largest absolute Gasteiger partial charge is 0.325 e. The van der Waals surface area contributed by atoms with E-state index in [-0.39, 0.29) is 5.78 Å². The fraction of sp³-hybridized carbons (Fsp3) is 0.533. The van der Waals surface area contributed by atoms with Crippen molar-refractivity contribution in [3.63, 3.8) is 0 Å². The van der Waals surface area contributed by atoms with Gasteiger partial charge in [-0.15, -0.1) is 0 Å². The molecule has 1 aromatic carbocycles. The number of ketones is 1. The maximum atomic E-state index is 12.0. The summed E-state index contributed by atoms with van der Waals surface area (Å²) in [4.78, 5) is 12.0. The van der Waals surface area contributed by atoms with Gasteiger partial charge in [0, 0.05) is 17.5 Å². The van der Waals surface area contributed by atoms with Gasteiger partial charge in [0.25, 0.3) is 0 Å². The van der Waals surface area contributed by atoms with Crippen LogP contribution in [0.5, 0.6) is 0 Å². The van der Waals surface area contributed by atoms with E-state index in [4.69, 9.17) is 5.73 Å². The fourth-order valence-corrected chi connectivity index (χ4v) is 1.86. The molecule has 2 N–H and O–H groups in total. The second-order valence-electron chi connectivity index (χ2n) is 5.89. The minimum absolute atomic E-state index is 0.128. The van der Waals surface area contributed by atoms with Crippen LogP contribution in [0.25, 0.3) is 0 Å². The molecular weight excluding hydrogens is 210 g/mol. The lowest BCUT2D eigenvalue weighted by molar-refractivity contribution is 0.0960. The number of nitrogens with two attached hydrogens (primary N) is 1. The summed E-state index contributed by atoms with van der Waals surface area (Å²) in [5.41, 5.74) is 7.43. The zero-order chi connectivity index (χ0) is 13.1. The van der Waals surface area contributed by atoms with E-state index in [9.17, 15) is 4.79 Å². The minimum Gasteiger partial charge on any atom is -0.325 e. The highest BCUT2D eigenvalue weighted by atomic mass is 16.1. The summed E-state index contributed by atoms with van der Waals surface area (Å²) in [6, 6.07) is 7.89. The molecule has 0 amide bonds. The molecule has 0 spiro atoms. The summed E-state index contributed by atoms with van der Waals surface area (Å²) in [5.74, 6) is 0.731. The minimum atomic E-state index is -0.439. The average molecular weight is 233 g/mol. The molecule has 17 heavy (non-hydrogen) atoms. The summed E-state index contributed by atoms with van der Waals surface area (Å²) in [7, 11) is 0. The Morgan fingerprint density at radius 1 is 1.35 bits per heavy atom. The maximum absolute atomic E-state index is 12.0. The molecule has 0 radical (unpaired) electrons. The third kappa shape index (κ3) is 5.14. The zero-order valence-electron chi connectivity index (χ0n) is 11.3. The van der Waals surface area contributed by atoms with Crippen molar-refractivity contribution in [2.45, 2.75) is 46.1 Å². The maximum Gasteiger partial charge on any atom is 0.164 e. The Balaban J connectivity index is 2.81. The highest BCUT2D eigenvalue weighted by Gasteiger charge is 2.17. The van der Waals surface area contributed by atoms with Crippen LogP contribution >= 0.6 is 0 Å². The Labute approximate surface area is 104 Å². The van der Waals surface area contributed by atoms with Crippen LogP contribution in [0.4, 0.5) is 0 Å². The first-order valence-corrected chi connectivity index (χ1v) is 6.19. The van der Waals surface area contributed by atoms with Gasteiger partial charge in [0.15, 0.2) is 5.78 Å². The van der Waals surface area contributed by atoms with Crippen molar-refractivity contribution in [2.24, 2.45) is 11.7 Å². The summed E-state index contributed by atoms with van der Waals surface area (Å²) >= 11 is 0. The van der Waals surface area contributed by atoms with Crippen LogP contribution in [0, 0.1) is 5.92 Å². The van der Waals surface area contributed by atoms with Gasteiger partial charge in [0.2, 0.25) is 0 Å². The molecule has 0 saturated carbocycles. The van der Waals surface area contributed by atoms with Gasteiger partial charge in [-0.2, -0.15) is 0 Å². The van der Waals surface area contributed by atoms with E-state index < -0.39 is 5.54 Å². The number of carbonyl (C=O) groups is 1. The van der Waals surface area contributed by atoms with E-state index in [1.165, 1.54) is 5.56 Å². The first-order valence-electron chi connectivity index (χ1n) is 6.19. The van der Waals surface area contributed by atoms with E-state index in [0.717, 1.165) is 12.0 Å². The third-order valence-electron chi connectivity index (χ3n) is 2.51. The summed E-state index contributed by atoms with van der Waals surface area (Å²) < 4.78 is 0. The highest BCUT2D eigenvalue weighted by Crippen LogP contribution is 2.15. The number of hydrogen-bond donors (Lipinski definition) is 1. The van der Waals surface area contributed by atoms with Gasteiger partial charge in [0.1, 0.15) is 0 Å². The van der Waals surface area contributed by atoms with E-state index in [1.54, 1.807) is 0 Å². The predicted octanol–water partition coefficient (Wildman–Crippen LogP) is 3.20. The molecule has 1 aromatic rings. The van der Waals surface area contributed by atoms with E-state index in [2.05, 4.69) is 19.9 Å². The van der Waals surface area contributed by atoms with Crippen molar-refractivity contribution in [2.75, 3.05) is 0 Å². The van der Waals surface area contributed by atoms with Crippen molar-refractivity contribution in [3.8, 4) is 0 Å². The van der Waals surface area contributed by atoms with E-state index in [0.29, 0.717) is 12.3 Å². The average Bonchev–Trinajstić information content (AvgIpc) is 2.14. The summed E-state index contributed by atoms with van der Waals surface area (Å²) in [6.45, 7) is 8.11. The SMILES string of the molecule is CC(C)Cc1cccc(C(=O)CC(C)(C)N)c1. The standard InChI is InChI=1S/C15H23NO/c1-11(2)8-12-6-5-7-13(9-12)14(17)10-15(3,4)16/h5-7,9,11H,8,10,16H2,1-4H3. The molecule has 0 atom stereocenters. The van der Waals surface area contributed by atoms with Crippen LogP contribution in [-0.4, -0.2) is 11.3 Å². The molecule has 0 aliphatic carbocycles. The second kappa shape index (κ2) is 5.46. The monoisotopic (exact) mass is 233 g/mol. The van der Waals surface area contributed by atoms with E-state index >= 15 is 0 Å². The number of carbonyl (C=O) groups excluding carboxylic acids is 1. The van der Waals surface area contributed by atoms with Gasteiger partial charge in [0.05, 0.1) is 0 Å². The van der Waals surface area contributed by atoms with Crippen molar-refractivity contribution in [1.29, 1.82) is 0 Å². The highest BCUT2D eigenvalue weighted by molar-refractivity contribution is 5.96. The number of Topliss-reactive ketones (excluding diaryl/α,β-unsaturated/α-hetero) is 1. The van der Waals surface area contributed by atoms with Crippen LogP contribution in [0.2, 0.25) is 0 Å². The predicted molar refractivity (Wildman–Crippen MR) is 72.2 cm³/mol. The van der Waals surface area contributed by atoms with Crippen LogP contribution < -0.4 is 5.73 Å². The van der Waals surface area contributed by atoms with Crippen molar-refractivity contribution >= 4 is 5.78 Å². The van der Waals surface area contributed by atoms with Gasteiger partial charge in [-0.3, -0.25) is 4.79 Å². The van der Waals surface area contributed by atoms with Gasteiger partial charge < -0.3 is 5.73 Å². The lowest BCUT2D eigenvalue weighted by Gasteiger charge is -2.17. The number of rotatable bonds is 5. The molecule has 0 saturated heterocycles. The summed E-state index contributed by atoms with van der Waals surface area (Å²) in [6.07, 6.45) is 1.39. The zero-order valence-corrected chi connectivity index (χ0v) is 11.3. The molecular formula is C15H23NO. The summed E-state index contributed by atoms with van der Waals surface area (Å²) in [5, 5.41) is 0. The van der Waals surface area contributed by atoms with E-state index in [1.807, 2.05) is 32.0 Å².